The lowest BCUT2D eigenvalue weighted by molar-refractivity contribution is -0.119. The third-order valence-electron chi connectivity index (χ3n) is 5.12. The van der Waals surface area contributed by atoms with Crippen LogP contribution in [-0.2, 0) is 4.79 Å². The molecule has 5 aromatic rings. The van der Waals surface area contributed by atoms with Gasteiger partial charge in [-0.15, -0.1) is 20.4 Å². The van der Waals surface area contributed by atoms with Crippen molar-refractivity contribution in [2.75, 3.05) is 5.75 Å². The van der Waals surface area contributed by atoms with Crippen LogP contribution in [0.15, 0.2) is 90.2 Å². The molecule has 1 amide bonds. The van der Waals surface area contributed by atoms with Gasteiger partial charge in [-0.2, -0.15) is 0 Å². The van der Waals surface area contributed by atoms with E-state index in [0.717, 1.165) is 22.7 Å². The molecule has 164 valence electrons. The molecule has 0 unspecified atom stereocenters. The van der Waals surface area contributed by atoms with Gasteiger partial charge in [-0.25, -0.2) is 0 Å². The van der Waals surface area contributed by atoms with Crippen molar-refractivity contribution in [3.05, 3.63) is 90.9 Å². The maximum atomic E-state index is 12.7. The Morgan fingerprint density at radius 3 is 2.42 bits per heavy atom. The lowest BCUT2D eigenvalue weighted by Gasteiger charge is -2.13. The number of thioether (sulfide) groups is 1. The zero-order valence-electron chi connectivity index (χ0n) is 17.9. The summed E-state index contributed by atoms with van der Waals surface area (Å²) in [6.07, 6.45) is 1.88. The molecule has 3 aromatic heterocycles. The first-order valence-corrected chi connectivity index (χ1v) is 11.5. The number of pyridine rings is 1. The molecular formula is C24H21N7OS. The summed E-state index contributed by atoms with van der Waals surface area (Å²) in [6.45, 7) is 1.89. The van der Waals surface area contributed by atoms with Crippen molar-refractivity contribution >= 4 is 23.3 Å². The first-order valence-electron chi connectivity index (χ1n) is 10.5. The minimum atomic E-state index is -0.289. The Hall–Kier alpha value is -3.98. The Kier molecular flexibility index (Phi) is 5.86. The van der Waals surface area contributed by atoms with Crippen molar-refractivity contribution in [1.29, 1.82) is 0 Å². The number of carbonyl (C=O) groups is 1. The van der Waals surface area contributed by atoms with Crippen LogP contribution in [0.5, 0.6) is 0 Å². The third-order valence-corrected chi connectivity index (χ3v) is 6.05. The van der Waals surface area contributed by atoms with Crippen LogP contribution in [0.2, 0.25) is 0 Å². The van der Waals surface area contributed by atoms with Gasteiger partial charge in [0.05, 0.1) is 11.8 Å². The number of carbonyl (C=O) groups excluding carboxylic acids is 1. The van der Waals surface area contributed by atoms with Gasteiger partial charge in [0.25, 0.3) is 0 Å². The van der Waals surface area contributed by atoms with Gasteiger partial charge in [0, 0.05) is 17.4 Å². The molecule has 0 saturated heterocycles. The van der Waals surface area contributed by atoms with Gasteiger partial charge in [-0.1, -0.05) is 66.4 Å². The van der Waals surface area contributed by atoms with Gasteiger partial charge in [0.1, 0.15) is 0 Å². The topological polar surface area (TPSA) is 90.0 Å². The lowest BCUT2D eigenvalue weighted by Crippen LogP contribution is -2.29. The van der Waals surface area contributed by atoms with Gasteiger partial charge in [0.2, 0.25) is 5.91 Å². The van der Waals surface area contributed by atoms with E-state index in [2.05, 4.69) is 25.7 Å². The highest BCUT2D eigenvalue weighted by Crippen LogP contribution is 2.27. The molecule has 1 atom stereocenters. The summed E-state index contributed by atoms with van der Waals surface area (Å²) in [6, 6.07) is 25.2. The minimum absolute atomic E-state index is 0.121. The summed E-state index contributed by atoms with van der Waals surface area (Å²) in [5.74, 6) is 1.49. The van der Waals surface area contributed by atoms with Gasteiger partial charge < -0.3 is 5.32 Å². The third kappa shape index (κ3) is 4.35. The molecule has 0 saturated carbocycles. The van der Waals surface area contributed by atoms with Gasteiger partial charge >= 0.3 is 0 Å². The number of nitrogens with one attached hydrogen (secondary N) is 1. The second-order valence-electron chi connectivity index (χ2n) is 7.41. The summed E-state index contributed by atoms with van der Waals surface area (Å²) in [5, 5.41) is 20.8. The van der Waals surface area contributed by atoms with E-state index in [1.807, 2.05) is 101 Å². The van der Waals surface area contributed by atoms with Crippen LogP contribution in [0.3, 0.4) is 0 Å². The fraction of sp³-hybridized carbons (Fsp3) is 0.125. The number of aromatic nitrogens is 6. The van der Waals surface area contributed by atoms with E-state index in [0.29, 0.717) is 11.0 Å². The fourth-order valence-electron chi connectivity index (χ4n) is 3.58. The van der Waals surface area contributed by atoms with Crippen LogP contribution in [0.4, 0.5) is 0 Å². The van der Waals surface area contributed by atoms with Crippen molar-refractivity contribution < 1.29 is 4.79 Å². The van der Waals surface area contributed by atoms with E-state index < -0.39 is 0 Å². The van der Waals surface area contributed by atoms with Crippen LogP contribution < -0.4 is 5.32 Å². The first kappa shape index (κ1) is 20.9. The molecular weight excluding hydrogens is 434 g/mol. The Balaban J connectivity index is 1.34. The Labute approximate surface area is 194 Å². The van der Waals surface area contributed by atoms with Crippen molar-refractivity contribution in [1.82, 2.24) is 34.7 Å². The predicted octanol–water partition coefficient (Wildman–Crippen LogP) is 3.95. The van der Waals surface area contributed by atoms with E-state index in [9.17, 15) is 4.79 Å². The Morgan fingerprint density at radius 2 is 1.64 bits per heavy atom. The molecule has 0 radical (unpaired) electrons. The van der Waals surface area contributed by atoms with E-state index >= 15 is 0 Å². The summed E-state index contributed by atoms with van der Waals surface area (Å²) in [5.41, 5.74) is 2.64. The molecule has 33 heavy (non-hydrogen) atoms. The second kappa shape index (κ2) is 9.25. The maximum Gasteiger partial charge on any atom is 0.231 e. The SMILES string of the molecule is C[C@@H](NC(=O)CSc1nnc(-c2ccccc2)n1-c1ccccc1)c1nnc2ccccn12. The zero-order chi connectivity index (χ0) is 22.6. The molecule has 0 spiro atoms. The highest BCUT2D eigenvalue weighted by molar-refractivity contribution is 7.99. The normalized spacial score (nSPS) is 12.0. The molecule has 0 fully saturated rings. The number of hydrogen-bond acceptors (Lipinski definition) is 6. The number of hydrogen-bond donors (Lipinski definition) is 1. The highest BCUT2D eigenvalue weighted by Gasteiger charge is 2.19. The average Bonchev–Trinajstić information content (AvgIpc) is 3.48. The summed E-state index contributed by atoms with van der Waals surface area (Å²) in [7, 11) is 0. The number of benzene rings is 2. The van der Waals surface area contributed by atoms with Crippen molar-refractivity contribution in [3.63, 3.8) is 0 Å². The maximum absolute atomic E-state index is 12.7. The molecule has 0 bridgehead atoms. The summed E-state index contributed by atoms with van der Waals surface area (Å²) < 4.78 is 3.85. The second-order valence-corrected chi connectivity index (χ2v) is 8.35. The minimum Gasteiger partial charge on any atom is -0.346 e. The molecule has 5 rings (SSSR count). The number of nitrogens with zero attached hydrogens (tertiary/aromatic N) is 6. The average molecular weight is 456 g/mol. The molecule has 0 aliphatic rings. The number of amides is 1. The van der Waals surface area contributed by atoms with E-state index in [4.69, 9.17) is 0 Å². The van der Waals surface area contributed by atoms with E-state index in [-0.39, 0.29) is 17.7 Å². The van der Waals surface area contributed by atoms with E-state index in [1.165, 1.54) is 11.8 Å². The lowest BCUT2D eigenvalue weighted by atomic mass is 10.2. The van der Waals surface area contributed by atoms with Crippen LogP contribution >= 0.6 is 11.8 Å². The van der Waals surface area contributed by atoms with Gasteiger partial charge in [-0.05, 0) is 31.2 Å². The molecule has 2 aromatic carbocycles. The van der Waals surface area contributed by atoms with Crippen molar-refractivity contribution in [2.24, 2.45) is 0 Å². The van der Waals surface area contributed by atoms with Gasteiger partial charge in [-0.3, -0.25) is 13.8 Å². The Morgan fingerprint density at radius 1 is 0.909 bits per heavy atom. The van der Waals surface area contributed by atoms with Crippen molar-refractivity contribution in [2.45, 2.75) is 18.1 Å². The molecule has 3 heterocycles. The first-order chi connectivity index (χ1) is 16.2. The van der Waals surface area contributed by atoms with Gasteiger partial charge in [0.15, 0.2) is 22.5 Å². The van der Waals surface area contributed by atoms with Crippen LogP contribution in [0, 0.1) is 0 Å². The summed E-state index contributed by atoms with van der Waals surface area (Å²) >= 11 is 1.34. The number of fused-ring (bicyclic) bond motifs is 1. The molecule has 0 aliphatic heterocycles. The van der Waals surface area contributed by atoms with Crippen LogP contribution in [0.25, 0.3) is 22.7 Å². The fourth-order valence-corrected chi connectivity index (χ4v) is 4.34. The van der Waals surface area contributed by atoms with E-state index in [1.54, 1.807) is 0 Å². The monoisotopic (exact) mass is 455 g/mol. The largest absolute Gasteiger partial charge is 0.346 e. The van der Waals surface area contributed by atoms with Crippen molar-refractivity contribution in [3.8, 4) is 17.1 Å². The molecule has 8 nitrogen and oxygen atoms in total. The smallest absolute Gasteiger partial charge is 0.231 e. The number of rotatable bonds is 7. The zero-order valence-corrected chi connectivity index (χ0v) is 18.7. The van der Waals surface area contributed by atoms with Crippen LogP contribution in [-0.4, -0.2) is 41.0 Å². The number of para-hydroxylation sites is 1. The Bertz CT molecular complexity index is 1380. The predicted molar refractivity (Wildman–Crippen MR) is 127 cm³/mol. The molecule has 9 heteroatoms. The quantitative estimate of drug-likeness (QED) is 0.374. The molecule has 0 aliphatic carbocycles. The highest BCUT2D eigenvalue weighted by atomic mass is 32.2. The summed E-state index contributed by atoms with van der Waals surface area (Å²) in [4.78, 5) is 12.7. The van der Waals surface area contributed by atoms with Crippen LogP contribution in [0.1, 0.15) is 18.8 Å². The standard InChI is InChI=1S/C24H21N7OS/c1-17(22-27-26-20-14-8-9-15-30(20)22)25-21(32)16-33-24-29-28-23(18-10-4-2-5-11-18)31(24)19-12-6-3-7-13-19/h2-15,17H,16H2,1H3,(H,25,32)/t17-/m1/s1. The molecule has 1 N–H and O–H groups in total.